The third kappa shape index (κ3) is 20.5. The second kappa shape index (κ2) is 42.3. The number of hydrogen-bond acceptors (Lipinski definition) is 24. The number of anilines is 1. The molecule has 24 aromatic rings. The number of nitrogens with zero attached hydrogens (tertiary/aromatic N) is 19. The highest BCUT2D eigenvalue weighted by molar-refractivity contribution is 7.15. The molecule has 20 aromatic heterocycles. The lowest BCUT2D eigenvalue weighted by atomic mass is 10.0. The number of hydrogen-bond donors (Lipinski definition) is 9. The lowest BCUT2D eigenvalue weighted by Crippen LogP contribution is -2.29. The van der Waals surface area contributed by atoms with Crippen molar-refractivity contribution in [3.8, 4) is 132 Å². The van der Waals surface area contributed by atoms with E-state index in [1.165, 1.54) is 67.5 Å². The molecule has 26 rings (SSSR count). The average Bonchev–Trinajstić information content (AvgIpc) is 1.62. The number of imidazole rings is 4. The molecule has 9 N–H and O–H groups in total. The van der Waals surface area contributed by atoms with Gasteiger partial charge in [-0.25, -0.2) is 19.9 Å². The monoisotopic (exact) mass is 2010 g/mol. The van der Waals surface area contributed by atoms with Gasteiger partial charge in [-0.3, -0.25) is 70.1 Å². The summed E-state index contributed by atoms with van der Waals surface area (Å²) in [7, 11) is 4.08. The first-order chi connectivity index (χ1) is 69.0. The topological polar surface area (TPSA) is 354 Å². The molecule has 0 aliphatic carbocycles. The second-order valence-electron chi connectivity index (χ2n) is 35.5. The lowest BCUT2D eigenvalue weighted by molar-refractivity contribution is 0.220. The number of piperidine rings is 1. The zero-order valence-corrected chi connectivity index (χ0v) is 79.6. The van der Waals surface area contributed by atoms with Crippen LogP contribution in [0.1, 0.15) is 92.3 Å². The van der Waals surface area contributed by atoms with E-state index in [0.29, 0.717) is 40.7 Å². The van der Waals surface area contributed by atoms with Crippen molar-refractivity contribution in [3.05, 3.63) is 282 Å². The Kier molecular flexibility index (Phi) is 28.5. The smallest absolute Gasteiger partial charge is 0.176 e. The molecular formula is C109H102F4N28S4. The second-order valence-corrected chi connectivity index (χ2v) is 39.6. The maximum atomic E-state index is 13.7. The fourth-order valence-electron chi connectivity index (χ4n) is 18.4. The van der Waals surface area contributed by atoms with Gasteiger partial charge in [0.1, 0.15) is 44.8 Å². The summed E-state index contributed by atoms with van der Waals surface area (Å²) in [6.07, 6.45) is 35.4. The maximum absolute atomic E-state index is 13.7. The Balaban J connectivity index is 0.000000121. The number of pyridine rings is 8. The molecule has 22 heterocycles. The minimum Gasteiger partial charge on any atom is -0.382 e. The fraction of sp³-hybridized carbons (Fsp3) is 0.193. The van der Waals surface area contributed by atoms with Gasteiger partial charge in [-0.15, -0.1) is 45.3 Å². The van der Waals surface area contributed by atoms with Crippen LogP contribution in [-0.4, -0.2) is 182 Å². The molecule has 0 unspecified atom stereocenters. The first-order valence-electron chi connectivity index (χ1n) is 46.0. The van der Waals surface area contributed by atoms with Crippen molar-refractivity contribution in [2.75, 3.05) is 45.6 Å². The molecule has 28 nitrogen and oxygen atoms in total. The normalized spacial score (nSPS) is 12.8. The molecule has 0 radical (unpaired) electrons. The number of rotatable bonds is 20. The number of likely N-dealkylation sites (tertiary alicyclic amines) is 2. The highest BCUT2D eigenvalue weighted by Crippen LogP contribution is 2.43. The van der Waals surface area contributed by atoms with E-state index in [-0.39, 0.29) is 50.2 Å². The quantitative estimate of drug-likeness (QED) is 0.0320. The van der Waals surface area contributed by atoms with Crippen LogP contribution in [0.4, 0.5) is 23.2 Å². The zero-order chi connectivity index (χ0) is 95.3. The summed E-state index contributed by atoms with van der Waals surface area (Å²) < 4.78 is 54.6. The van der Waals surface area contributed by atoms with Gasteiger partial charge < -0.3 is 30.2 Å². The maximum Gasteiger partial charge on any atom is 0.176 e. The summed E-state index contributed by atoms with van der Waals surface area (Å²) in [5.41, 5.74) is 28.8. The van der Waals surface area contributed by atoms with E-state index in [9.17, 15) is 17.6 Å². The highest BCUT2D eigenvalue weighted by Gasteiger charge is 2.26. The summed E-state index contributed by atoms with van der Waals surface area (Å²) in [5, 5.41) is 36.9. The first-order valence-corrected chi connectivity index (χ1v) is 49.2. The van der Waals surface area contributed by atoms with Crippen LogP contribution >= 0.6 is 45.3 Å². The Morgan fingerprint density at radius 1 is 0.310 bits per heavy atom. The molecule has 0 amide bonds. The Hall–Kier alpha value is -16.0. The Labute approximate surface area is 847 Å². The molecule has 2 aliphatic heterocycles. The Morgan fingerprint density at radius 2 is 0.593 bits per heavy atom. The van der Waals surface area contributed by atoms with Gasteiger partial charge in [0.2, 0.25) is 0 Å². The minimum absolute atomic E-state index is 0. The summed E-state index contributed by atoms with van der Waals surface area (Å²) in [6, 6.07) is 46.7. The van der Waals surface area contributed by atoms with E-state index in [1.54, 1.807) is 73.8 Å². The predicted molar refractivity (Wildman–Crippen MR) is 579 cm³/mol. The SMILES string of the molecule is C.C.C.C.CC(C)Nc1cncc(-c2ccc3[nH]nc(-c4nc5c(-c6ccc(F)s6)cncc5[nH]4)c3c2)c1.CN(C)Cc1cncc(-c2ccc3[nH]nc(-c4nc5c(-c6ccc(F)s6)cncc5[nH]4)c3c2)c1.Fc1ccc(-c2cncc3[nH]c(-c4n[nH]c5ccc(-c6cncc(CN7CCCC7)c6)cc45)nc23)s1.Fc1ccc(-c2cncc3[nH]c(-c4n[nH]c5ccc(-c6cncc(CN7CCCCC7)c6)cc45)nc23)s1. The number of benzene rings is 4. The number of H-pyrrole nitrogens is 8. The largest absolute Gasteiger partial charge is 0.382 e. The van der Waals surface area contributed by atoms with Crippen molar-refractivity contribution in [1.82, 2.24) is 135 Å². The average molecular weight is 2010 g/mol. The molecule has 0 bridgehead atoms. The molecule has 0 atom stereocenters. The fourth-order valence-corrected chi connectivity index (χ4v) is 21.3. The number of aromatic amines is 8. The van der Waals surface area contributed by atoms with Crippen LogP contribution in [-0.2, 0) is 19.6 Å². The molecule has 4 aromatic carbocycles. The van der Waals surface area contributed by atoms with Crippen LogP contribution in [0.3, 0.4) is 0 Å². The van der Waals surface area contributed by atoms with E-state index < -0.39 is 0 Å². The van der Waals surface area contributed by atoms with E-state index in [2.05, 4.69) is 201 Å². The highest BCUT2D eigenvalue weighted by atomic mass is 32.1. The molecule has 2 saturated heterocycles. The van der Waals surface area contributed by atoms with E-state index in [4.69, 9.17) is 19.9 Å². The van der Waals surface area contributed by atoms with Crippen molar-refractivity contribution < 1.29 is 17.6 Å². The summed E-state index contributed by atoms with van der Waals surface area (Å²) >= 11 is 4.32. The van der Waals surface area contributed by atoms with Crippen molar-refractivity contribution in [1.29, 1.82) is 0 Å². The molecule has 2 aliphatic rings. The van der Waals surface area contributed by atoms with E-state index >= 15 is 0 Å². The zero-order valence-electron chi connectivity index (χ0n) is 76.3. The molecule has 36 heteroatoms. The molecule has 145 heavy (non-hydrogen) atoms. The van der Waals surface area contributed by atoms with Crippen LogP contribution < -0.4 is 5.32 Å². The number of aromatic nitrogens is 24. The van der Waals surface area contributed by atoms with Crippen molar-refractivity contribution in [3.63, 3.8) is 0 Å². The predicted octanol–water partition coefficient (Wildman–Crippen LogP) is 26.7. The summed E-state index contributed by atoms with van der Waals surface area (Å²) in [6.45, 7) is 11.5. The van der Waals surface area contributed by atoms with Crippen molar-refractivity contribution in [2.45, 2.75) is 101 Å². The lowest BCUT2D eigenvalue weighted by Gasteiger charge is -2.26. The Morgan fingerprint density at radius 3 is 0.890 bits per heavy atom. The molecule has 730 valence electrons. The van der Waals surface area contributed by atoms with Gasteiger partial charge in [0.15, 0.2) is 43.8 Å². The van der Waals surface area contributed by atoms with Crippen LogP contribution in [0.15, 0.2) is 245 Å². The summed E-state index contributed by atoms with van der Waals surface area (Å²) in [5.74, 6) is 2.53. The van der Waals surface area contributed by atoms with Gasteiger partial charge in [-0.1, -0.05) is 60.4 Å². The first kappa shape index (κ1) is 97.8. The number of thiophene rings is 4. The molecule has 0 saturated carbocycles. The minimum atomic E-state index is -0.240. The van der Waals surface area contributed by atoms with E-state index in [0.717, 1.165) is 288 Å². The van der Waals surface area contributed by atoms with E-state index in [1.807, 2.05) is 94.0 Å². The van der Waals surface area contributed by atoms with Crippen LogP contribution in [0.5, 0.6) is 0 Å². The third-order valence-electron chi connectivity index (χ3n) is 25.0. The van der Waals surface area contributed by atoms with Gasteiger partial charge in [0, 0.05) is 186 Å². The van der Waals surface area contributed by atoms with Crippen LogP contribution in [0.25, 0.3) is 220 Å². The standard InChI is InChI=1S/C28H24FN7S.C27H22FN7S.2C25H20FN7S.4CH4/c29-25-7-6-24(37-25)21-14-31-15-23-26(21)33-28(32-23)27-20-11-18(4-5-22(20)34-35-27)19-10-17(12-30-13-19)16-36-8-2-1-3-9-36;28-24-6-5-23(36-24)20-13-30-14-22-25(20)32-27(31-22)26-19-10-17(3-4-21(19)33-34-26)18-9-16(11-29-12-18)15-35-7-1-2-8-35;1-33(2)13-14-7-16(10-27-9-14)15-3-4-19-17(8-15)24(32-31-19)25-29-20-12-28-11-18(23(20)30-25)21-5-6-22(26)34-21;1-13(2)29-16-7-15(9-27-10-16)14-3-4-19-17(8-14)24(33-32-19)25-30-20-12-28-11-18(23(20)31-25)21-5-6-22(26)34-21;;;;/h4-7,10-15H,1-3,8-9,16H2,(H,32,33)(H,34,35);3-6,9-14H,1-2,7-8,15H2,(H,31,32)(H,33,34);3-12H,13H2,1-2H3,(H,29,30)(H,31,32);3-13,29H,1-2H3,(H,30,31)(H,32,33);4*1H4. The van der Waals surface area contributed by atoms with Crippen molar-refractivity contribution >= 4 is 139 Å². The summed E-state index contributed by atoms with van der Waals surface area (Å²) in [4.78, 5) is 78.2. The van der Waals surface area contributed by atoms with Crippen molar-refractivity contribution in [2.24, 2.45) is 0 Å². The Bertz CT molecular complexity index is 8490. The number of halogens is 4. The third-order valence-corrected chi connectivity index (χ3v) is 28.6. The number of nitrogens with one attached hydrogen (secondary N) is 9. The molecular weight excluding hydrogens is 1910 g/mol. The van der Waals surface area contributed by atoms with Crippen LogP contribution in [0, 0.1) is 20.5 Å². The molecule has 2 fully saturated rings. The number of fused-ring (bicyclic) bond motifs is 8. The van der Waals surface area contributed by atoms with Crippen LogP contribution in [0.2, 0.25) is 0 Å². The van der Waals surface area contributed by atoms with Gasteiger partial charge in [-0.05, 0) is 240 Å². The molecule has 0 spiro atoms. The van der Waals surface area contributed by atoms with Gasteiger partial charge in [-0.2, -0.15) is 38.0 Å². The van der Waals surface area contributed by atoms with Gasteiger partial charge in [0.25, 0.3) is 0 Å². The van der Waals surface area contributed by atoms with Gasteiger partial charge in [0.05, 0.1) is 74.6 Å². The van der Waals surface area contributed by atoms with Gasteiger partial charge >= 0.3 is 0 Å².